The summed E-state index contributed by atoms with van der Waals surface area (Å²) in [5.74, 6) is -1.40. The summed E-state index contributed by atoms with van der Waals surface area (Å²) in [6, 6.07) is 6.58. The average Bonchev–Trinajstić information content (AvgIpc) is 2.92. The molecular weight excluding hydrogens is 258 g/mol. The van der Waals surface area contributed by atoms with E-state index in [2.05, 4.69) is 15.5 Å². The number of carbonyl (C=O) groups excluding carboxylic acids is 1. The van der Waals surface area contributed by atoms with Crippen LogP contribution in [-0.4, -0.2) is 33.2 Å². The van der Waals surface area contributed by atoms with Crippen molar-refractivity contribution in [1.29, 1.82) is 0 Å². The van der Waals surface area contributed by atoms with Crippen LogP contribution >= 0.6 is 0 Å². The number of carboxylic acids is 1. The Labute approximate surface area is 115 Å². The second-order valence-electron chi connectivity index (χ2n) is 4.48. The standard InChI is InChI=1S/C14H15N3O3/c1-9(18)17-13(14(19)20)6-10-2-4-11(5-3-10)12-7-15-16-8-12/h2-5,7-8,13H,6H2,1H3,(H,15,16)(H,17,18)(H,19,20). The molecule has 1 aromatic carbocycles. The number of carboxylic acid groups (broad SMARTS) is 1. The van der Waals surface area contributed by atoms with E-state index in [1.54, 1.807) is 12.4 Å². The molecule has 1 aromatic heterocycles. The number of amides is 1. The lowest BCUT2D eigenvalue weighted by atomic mass is 10.0. The molecule has 0 spiro atoms. The second kappa shape index (κ2) is 6.01. The van der Waals surface area contributed by atoms with Crippen molar-refractivity contribution in [2.45, 2.75) is 19.4 Å². The summed E-state index contributed by atoms with van der Waals surface area (Å²) in [5, 5.41) is 18.1. The second-order valence-corrected chi connectivity index (χ2v) is 4.48. The van der Waals surface area contributed by atoms with Crippen molar-refractivity contribution in [3.8, 4) is 11.1 Å². The minimum Gasteiger partial charge on any atom is -0.480 e. The number of rotatable bonds is 5. The number of aliphatic carboxylic acids is 1. The fourth-order valence-corrected chi connectivity index (χ4v) is 1.92. The van der Waals surface area contributed by atoms with Gasteiger partial charge in [0.2, 0.25) is 5.91 Å². The van der Waals surface area contributed by atoms with Gasteiger partial charge < -0.3 is 10.4 Å². The molecule has 0 aliphatic rings. The number of carbonyl (C=O) groups is 2. The Morgan fingerprint density at radius 3 is 2.50 bits per heavy atom. The molecule has 1 atom stereocenters. The van der Waals surface area contributed by atoms with Gasteiger partial charge in [0.15, 0.2) is 0 Å². The molecule has 1 amide bonds. The van der Waals surface area contributed by atoms with Crippen LogP contribution in [0.15, 0.2) is 36.7 Å². The Balaban J connectivity index is 2.09. The van der Waals surface area contributed by atoms with Crippen molar-refractivity contribution in [2.75, 3.05) is 0 Å². The number of hydrogen-bond acceptors (Lipinski definition) is 3. The van der Waals surface area contributed by atoms with Gasteiger partial charge in [-0.3, -0.25) is 9.89 Å². The maximum atomic E-state index is 11.1. The van der Waals surface area contributed by atoms with Crippen molar-refractivity contribution in [3.63, 3.8) is 0 Å². The Hall–Kier alpha value is -2.63. The van der Waals surface area contributed by atoms with E-state index in [0.29, 0.717) is 0 Å². The molecule has 0 saturated heterocycles. The minimum absolute atomic E-state index is 0.251. The maximum Gasteiger partial charge on any atom is 0.326 e. The zero-order chi connectivity index (χ0) is 14.5. The van der Waals surface area contributed by atoms with E-state index in [1.807, 2.05) is 24.3 Å². The van der Waals surface area contributed by atoms with Gasteiger partial charge in [0.1, 0.15) is 6.04 Å². The van der Waals surface area contributed by atoms with Crippen LogP contribution in [0, 0.1) is 0 Å². The van der Waals surface area contributed by atoms with Crippen molar-refractivity contribution in [3.05, 3.63) is 42.2 Å². The Bertz CT molecular complexity index is 591. The largest absolute Gasteiger partial charge is 0.480 e. The summed E-state index contributed by atoms with van der Waals surface area (Å²) < 4.78 is 0. The number of aromatic amines is 1. The van der Waals surface area contributed by atoms with Crippen molar-refractivity contribution in [1.82, 2.24) is 15.5 Å². The molecule has 1 heterocycles. The monoisotopic (exact) mass is 273 g/mol. The predicted octanol–water partition coefficient (Wildman–Crippen LogP) is 1.21. The topological polar surface area (TPSA) is 95.1 Å². The molecule has 0 aliphatic carbocycles. The van der Waals surface area contributed by atoms with E-state index in [-0.39, 0.29) is 12.3 Å². The smallest absolute Gasteiger partial charge is 0.326 e. The Kier molecular flexibility index (Phi) is 4.14. The molecular formula is C14H15N3O3. The third kappa shape index (κ3) is 3.44. The predicted molar refractivity (Wildman–Crippen MR) is 73.0 cm³/mol. The van der Waals surface area contributed by atoms with Crippen molar-refractivity contribution in [2.24, 2.45) is 0 Å². The van der Waals surface area contributed by atoms with Crippen LogP contribution in [0.25, 0.3) is 11.1 Å². The van der Waals surface area contributed by atoms with Crippen molar-refractivity contribution < 1.29 is 14.7 Å². The summed E-state index contributed by atoms with van der Waals surface area (Å²) in [4.78, 5) is 22.0. The first-order valence-corrected chi connectivity index (χ1v) is 6.14. The van der Waals surface area contributed by atoms with Crippen LogP contribution in [-0.2, 0) is 16.0 Å². The van der Waals surface area contributed by atoms with Gasteiger partial charge >= 0.3 is 5.97 Å². The highest BCUT2D eigenvalue weighted by Crippen LogP contribution is 2.18. The van der Waals surface area contributed by atoms with Crippen LogP contribution in [0.5, 0.6) is 0 Å². The third-order valence-electron chi connectivity index (χ3n) is 2.90. The molecule has 0 fully saturated rings. The first-order valence-electron chi connectivity index (χ1n) is 6.14. The SMILES string of the molecule is CC(=O)NC(Cc1ccc(-c2cn[nH]c2)cc1)C(=O)O. The van der Waals surface area contributed by atoms with Gasteiger partial charge in [0.25, 0.3) is 0 Å². The van der Waals surface area contributed by atoms with Gasteiger partial charge in [-0.25, -0.2) is 4.79 Å². The fraction of sp³-hybridized carbons (Fsp3) is 0.214. The zero-order valence-corrected chi connectivity index (χ0v) is 11.0. The highest BCUT2D eigenvalue weighted by Gasteiger charge is 2.18. The molecule has 3 N–H and O–H groups in total. The molecule has 2 rings (SSSR count). The Morgan fingerprint density at radius 2 is 2.00 bits per heavy atom. The van der Waals surface area contributed by atoms with Gasteiger partial charge in [-0.1, -0.05) is 24.3 Å². The van der Waals surface area contributed by atoms with Gasteiger partial charge in [-0.2, -0.15) is 5.10 Å². The van der Waals surface area contributed by atoms with Crippen LogP contribution in [0.1, 0.15) is 12.5 Å². The highest BCUT2D eigenvalue weighted by atomic mass is 16.4. The van der Waals surface area contributed by atoms with Crippen molar-refractivity contribution >= 4 is 11.9 Å². The summed E-state index contributed by atoms with van der Waals surface area (Å²) in [6.45, 7) is 1.30. The third-order valence-corrected chi connectivity index (χ3v) is 2.90. The first-order chi connectivity index (χ1) is 9.56. The lowest BCUT2D eigenvalue weighted by molar-refractivity contribution is -0.141. The van der Waals surface area contributed by atoms with Crippen LogP contribution in [0.3, 0.4) is 0 Å². The minimum atomic E-state index is -1.04. The number of nitrogens with zero attached hydrogens (tertiary/aromatic N) is 1. The normalized spacial score (nSPS) is 11.8. The van der Waals surface area contributed by atoms with E-state index in [4.69, 9.17) is 5.11 Å². The highest BCUT2D eigenvalue weighted by molar-refractivity contribution is 5.82. The molecule has 2 aromatic rings. The average molecular weight is 273 g/mol. The molecule has 6 heteroatoms. The van der Waals surface area contributed by atoms with E-state index < -0.39 is 12.0 Å². The van der Waals surface area contributed by atoms with Gasteiger partial charge in [0, 0.05) is 25.1 Å². The first kappa shape index (κ1) is 13.8. The van der Waals surface area contributed by atoms with Crippen LogP contribution in [0.4, 0.5) is 0 Å². The number of aromatic nitrogens is 2. The fourth-order valence-electron chi connectivity index (χ4n) is 1.92. The van der Waals surface area contributed by atoms with E-state index >= 15 is 0 Å². The van der Waals surface area contributed by atoms with Gasteiger partial charge in [0.05, 0.1) is 6.20 Å². The number of H-pyrrole nitrogens is 1. The zero-order valence-electron chi connectivity index (χ0n) is 11.0. The molecule has 0 saturated carbocycles. The van der Waals surface area contributed by atoms with Gasteiger partial charge in [-0.05, 0) is 11.1 Å². The quantitative estimate of drug-likeness (QED) is 0.763. The number of hydrogen-bond donors (Lipinski definition) is 3. The summed E-state index contributed by atoms with van der Waals surface area (Å²) in [6.07, 6.45) is 3.75. The van der Waals surface area contributed by atoms with E-state index in [1.165, 1.54) is 6.92 Å². The Morgan fingerprint density at radius 1 is 1.30 bits per heavy atom. The summed E-state index contributed by atoms with van der Waals surface area (Å²) in [5.41, 5.74) is 2.81. The summed E-state index contributed by atoms with van der Waals surface area (Å²) >= 11 is 0. The summed E-state index contributed by atoms with van der Waals surface area (Å²) in [7, 11) is 0. The molecule has 0 aliphatic heterocycles. The van der Waals surface area contributed by atoms with Crippen LogP contribution in [0.2, 0.25) is 0 Å². The molecule has 0 radical (unpaired) electrons. The lowest BCUT2D eigenvalue weighted by Crippen LogP contribution is -2.41. The number of benzene rings is 1. The van der Waals surface area contributed by atoms with E-state index in [9.17, 15) is 9.59 Å². The molecule has 0 bridgehead atoms. The molecule has 20 heavy (non-hydrogen) atoms. The van der Waals surface area contributed by atoms with E-state index in [0.717, 1.165) is 16.7 Å². The number of nitrogens with one attached hydrogen (secondary N) is 2. The molecule has 1 unspecified atom stereocenters. The molecule has 6 nitrogen and oxygen atoms in total. The molecule has 104 valence electrons. The lowest BCUT2D eigenvalue weighted by Gasteiger charge is -2.13. The van der Waals surface area contributed by atoms with Crippen LogP contribution < -0.4 is 5.32 Å². The maximum absolute atomic E-state index is 11.1. The van der Waals surface area contributed by atoms with Gasteiger partial charge in [-0.15, -0.1) is 0 Å².